The van der Waals surface area contributed by atoms with Gasteiger partial charge >= 0.3 is 95.2 Å². The van der Waals surface area contributed by atoms with Crippen molar-refractivity contribution < 1.29 is 18.3 Å². The molecule has 6 nitrogen and oxygen atoms in total. The van der Waals surface area contributed by atoms with E-state index in [1.807, 2.05) is 0 Å². The van der Waals surface area contributed by atoms with Crippen LogP contribution in [-0.2, 0) is 14.6 Å². The van der Waals surface area contributed by atoms with E-state index < -0.39 is 43.4 Å². The van der Waals surface area contributed by atoms with Gasteiger partial charge in [0, 0.05) is 0 Å². The zero-order valence-electron chi connectivity index (χ0n) is 8.36. The molecule has 0 amide bonds. The van der Waals surface area contributed by atoms with Gasteiger partial charge in [-0.2, -0.15) is 0 Å². The van der Waals surface area contributed by atoms with Crippen molar-refractivity contribution in [2.75, 3.05) is 11.5 Å². The Hall–Kier alpha value is -0.392. The van der Waals surface area contributed by atoms with Crippen molar-refractivity contribution in [2.45, 2.75) is 18.2 Å². The van der Waals surface area contributed by atoms with Crippen molar-refractivity contribution in [3.05, 3.63) is 0 Å². The first kappa shape index (κ1) is 14.6. The summed E-state index contributed by atoms with van der Waals surface area (Å²) in [6.07, 6.45) is 0. The number of sulfone groups is 1. The first-order valence-corrected chi connectivity index (χ1v) is 8.58. The normalized spacial score (nSPS) is 14.3. The zero-order valence-corrected chi connectivity index (χ0v) is 11.3. The second kappa shape index (κ2) is 6.25. The second-order valence-corrected chi connectivity index (χ2v) is 8.70. The van der Waals surface area contributed by atoms with Crippen LogP contribution in [0.25, 0.3) is 0 Å². The van der Waals surface area contributed by atoms with Gasteiger partial charge in [-0.05, 0) is 0 Å². The summed E-state index contributed by atoms with van der Waals surface area (Å²) < 4.78 is 23.2. The maximum absolute atomic E-state index is 11.3. The van der Waals surface area contributed by atoms with E-state index in [1.54, 1.807) is 6.92 Å². The Kier molecular flexibility index (Phi) is 6.08. The summed E-state index contributed by atoms with van der Waals surface area (Å²) in [7, 11) is -3.39. The number of nitrogens with one attached hydrogen (secondary N) is 1. The van der Waals surface area contributed by atoms with E-state index in [0.717, 1.165) is 0 Å². The van der Waals surface area contributed by atoms with Gasteiger partial charge in [-0.25, -0.2) is 0 Å². The van der Waals surface area contributed by atoms with Gasteiger partial charge in [-0.15, -0.1) is 0 Å². The summed E-state index contributed by atoms with van der Waals surface area (Å²) in [6, 6.07) is -1.35. The molecule has 2 atom stereocenters. The second-order valence-electron chi connectivity index (χ2n) is 3.11. The zero-order chi connectivity index (χ0) is 12.1. The van der Waals surface area contributed by atoms with E-state index in [2.05, 4.69) is 0 Å². The molecular weight excluding hydrogens is 283 g/mol. The SMILES string of the molecule is CC(=N)[AsH]CCS(=O)(=O)C[C@H](N)C(=O)O. The van der Waals surface area contributed by atoms with Crippen molar-refractivity contribution in [2.24, 2.45) is 5.73 Å². The fraction of sp³-hybridized carbons (Fsp3) is 0.714. The predicted molar refractivity (Wildman–Crippen MR) is 59.6 cm³/mol. The number of hydrogen-bond acceptors (Lipinski definition) is 5. The Morgan fingerprint density at radius 2 is 2.13 bits per heavy atom. The molecule has 0 aromatic carbocycles. The van der Waals surface area contributed by atoms with E-state index in [0.29, 0.717) is 9.71 Å². The Bertz CT molecular complexity index is 341. The first-order valence-electron chi connectivity index (χ1n) is 4.22. The Balaban J connectivity index is 4.09. The molecule has 0 aliphatic heterocycles. The van der Waals surface area contributed by atoms with E-state index in [-0.39, 0.29) is 5.75 Å². The average Bonchev–Trinajstić information content (AvgIpc) is 2.01. The third-order valence-electron chi connectivity index (χ3n) is 1.55. The molecule has 4 N–H and O–H groups in total. The summed E-state index contributed by atoms with van der Waals surface area (Å²) in [5.41, 5.74) is 5.12. The molecule has 0 fully saturated rings. The van der Waals surface area contributed by atoms with E-state index >= 15 is 0 Å². The van der Waals surface area contributed by atoms with Crippen LogP contribution in [0.4, 0.5) is 0 Å². The Labute approximate surface area is 95.3 Å². The van der Waals surface area contributed by atoms with Crippen LogP contribution in [0.1, 0.15) is 6.92 Å². The summed E-state index contributed by atoms with van der Waals surface area (Å²) in [5.74, 6) is -1.90. The summed E-state index contributed by atoms with van der Waals surface area (Å²) >= 11 is -0.654. The number of rotatable bonds is 7. The molecule has 8 heteroatoms. The number of carbonyl (C=O) groups is 1. The van der Waals surface area contributed by atoms with Gasteiger partial charge in [0.15, 0.2) is 0 Å². The van der Waals surface area contributed by atoms with Crippen molar-refractivity contribution >= 4 is 36.1 Å². The molecule has 15 heavy (non-hydrogen) atoms. The maximum atomic E-state index is 11.3. The first-order chi connectivity index (χ1) is 6.74. The van der Waals surface area contributed by atoms with Gasteiger partial charge < -0.3 is 0 Å². The van der Waals surface area contributed by atoms with Crippen LogP contribution in [0.2, 0.25) is 5.21 Å². The standard InChI is InChI=1S/C7H15AsN2O4S/c1-5(9)8-2-3-15(13,14)4-6(10)7(11)12/h6,8-9H,2-4,10H2,1H3,(H,11,12)/t6-/m0/s1. The number of carboxylic acids is 1. The Morgan fingerprint density at radius 3 is 2.53 bits per heavy atom. The van der Waals surface area contributed by atoms with Crippen molar-refractivity contribution in [1.82, 2.24) is 0 Å². The molecule has 0 rings (SSSR count). The molecule has 0 aromatic rings. The quantitative estimate of drug-likeness (QED) is 0.397. The van der Waals surface area contributed by atoms with Crippen molar-refractivity contribution in [3.8, 4) is 0 Å². The summed E-state index contributed by atoms with van der Waals surface area (Å²) in [6.45, 7) is 1.65. The van der Waals surface area contributed by atoms with Gasteiger partial charge in [0.25, 0.3) is 0 Å². The molecule has 0 saturated heterocycles. The molecule has 1 unspecified atom stereocenters. The fourth-order valence-corrected chi connectivity index (χ4v) is 5.48. The van der Waals surface area contributed by atoms with E-state index in [4.69, 9.17) is 16.2 Å². The molecule has 0 aliphatic carbocycles. The molecule has 0 aromatic heterocycles. The molecule has 0 heterocycles. The summed E-state index contributed by atoms with van der Waals surface area (Å²) in [5, 5.41) is 16.1. The van der Waals surface area contributed by atoms with Gasteiger partial charge in [-0.3, -0.25) is 0 Å². The topological polar surface area (TPSA) is 121 Å². The third kappa shape index (κ3) is 7.53. The van der Waals surface area contributed by atoms with Crippen LogP contribution < -0.4 is 5.73 Å². The van der Waals surface area contributed by atoms with Crippen molar-refractivity contribution in [1.29, 1.82) is 5.41 Å². The molecule has 0 aliphatic rings. The minimum atomic E-state index is -3.39. The van der Waals surface area contributed by atoms with Crippen LogP contribution in [-0.4, -0.2) is 57.3 Å². The fourth-order valence-electron chi connectivity index (χ4n) is 0.822. The molecule has 88 valence electrons. The predicted octanol–water partition coefficient (Wildman–Crippen LogP) is -1.33. The monoisotopic (exact) mass is 298 g/mol. The van der Waals surface area contributed by atoms with Crippen molar-refractivity contribution in [3.63, 3.8) is 0 Å². The van der Waals surface area contributed by atoms with Gasteiger partial charge in [0.05, 0.1) is 0 Å². The number of aliphatic carboxylic acids is 1. The third-order valence-corrected chi connectivity index (χ3v) is 6.17. The summed E-state index contributed by atoms with van der Waals surface area (Å²) in [4.78, 5) is 10.3. The van der Waals surface area contributed by atoms with E-state index in [9.17, 15) is 13.2 Å². The minimum absolute atomic E-state index is 0.0653. The molecule has 0 saturated carbocycles. The van der Waals surface area contributed by atoms with Crippen LogP contribution in [0, 0.1) is 5.41 Å². The molecular formula is C7H15AsN2O4S. The molecule has 0 radical (unpaired) electrons. The van der Waals surface area contributed by atoms with Crippen LogP contribution in [0.3, 0.4) is 0 Å². The van der Waals surface area contributed by atoms with Gasteiger partial charge in [0.2, 0.25) is 0 Å². The average molecular weight is 298 g/mol. The van der Waals surface area contributed by atoms with E-state index in [1.165, 1.54) is 0 Å². The Morgan fingerprint density at radius 1 is 1.60 bits per heavy atom. The van der Waals surface area contributed by atoms with Gasteiger partial charge in [-0.1, -0.05) is 0 Å². The molecule has 0 bridgehead atoms. The van der Waals surface area contributed by atoms with Crippen LogP contribution in [0.5, 0.6) is 0 Å². The number of hydrogen-bond donors (Lipinski definition) is 3. The van der Waals surface area contributed by atoms with Crippen LogP contribution in [0.15, 0.2) is 0 Å². The molecule has 0 spiro atoms. The number of carboxylic acid groups (broad SMARTS) is 1. The van der Waals surface area contributed by atoms with Crippen LogP contribution >= 0.6 is 0 Å². The number of nitrogens with two attached hydrogens (primary N) is 1. The van der Waals surface area contributed by atoms with Gasteiger partial charge in [0.1, 0.15) is 0 Å².